The van der Waals surface area contributed by atoms with Crippen LogP contribution in [0.25, 0.3) is 0 Å². The number of esters is 1. The van der Waals surface area contributed by atoms with Crippen LogP contribution in [0.5, 0.6) is 0 Å². The van der Waals surface area contributed by atoms with Crippen molar-refractivity contribution in [3.05, 3.63) is 24.3 Å². The van der Waals surface area contributed by atoms with Crippen LogP contribution >= 0.6 is 0 Å². The van der Waals surface area contributed by atoms with Crippen LogP contribution in [0.2, 0.25) is 0 Å². The molecule has 4 atom stereocenters. The lowest BCUT2D eigenvalue weighted by Crippen LogP contribution is -2.41. The number of allylic oxidation sites excluding steroid dienone is 4. The van der Waals surface area contributed by atoms with Crippen molar-refractivity contribution in [1.29, 1.82) is 0 Å². The number of aliphatic hydroxyl groups excluding tert-OH is 3. The lowest BCUT2D eigenvalue weighted by Gasteiger charge is -2.20. The van der Waals surface area contributed by atoms with Crippen LogP contribution in [0.1, 0.15) is 84.0 Å². The fourth-order valence-corrected chi connectivity index (χ4v) is 3.39. The third kappa shape index (κ3) is 12.5. The van der Waals surface area contributed by atoms with Gasteiger partial charge in [0, 0.05) is 6.42 Å². The summed E-state index contributed by atoms with van der Waals surface area (Å²) in [5.74, 6) is -0.354. The third-order valence-electron chi connectivity index (χ3n) is 5.32. The standard InChI is InChI=1S/C24H42O6/c1-2-3-4-5-6-7-8-9-10-11-12-13-14-15-16-17-22(27)29-19-21(26)24-23(28)20(25)18-30-24/h6-7,9-10,20-21,23-26,28H,2-5,8,11-19H2,1H3/b7-6-,10-9-/t20-,21?,23+,24-/m1/s1. The minimum absolute atomic E-state index is 0.0250. The summed E-state index contributed by atoms with van der Waals surface area (Å²) in [5.41, 5.74) is 0. The van der Waals surface area contributed by atoms with Gasteiger partial charge in [0.15, 0.2) is 0 Å². The maximum Gasteiger partial charge on any atom is 0.305 e. The topological polar surface area (TPSA) is 96.2 Å². The molecule has 1 heterocycles. The smallest absolute Gasteiger partial charge is 0.305 e. The Hall–Kier alpha value is -1.21. The van der Waals surface area contributed by atoms with Gasteiger partial charge in [-0.2, -0.15) is 0 Å². The molecule has 0 aromatic rings. The zero-order chi connectivity index (χ0) is 22.0. The summed E-state index contributed by atoms with van der Waals surface area (Å²) < 4.78 is 10.2. The maximum absolute atomic E-state index is 11.7. The van der Waals surface area contributed by atoms with E-state index in [4.69, 9.17) is 9.47 Å². The lowest BCUT2D eigenvalue weighted by molar-refractivity contribution is -0.151. The molecule has 0 radical (unpaired) electrons. The Labute approximate surface area is 182 Å². The SMILES string of the molecule is CCCCC/C=C\C/C=C\CCCCCCCC(=O)OCC(O)[C@H]1OC[C@@H](O)[C@@H]1O. The zero-order valence-corrected chi connectivity index (χ0v) is 18.6. The van der Waals surface area contributed by atoms with Gasteiger partial charge >= 0.3 is 5.97 Å². The molecule has 3 N–H and O–H groups in total. The van der Waals surface area contributed by atoms with Gasteiger partial charge in [-0.3, -0.25) is 4.79 Å². The van der Waals surface area contributed by atoms with Crippen molar-refractivity contribution in [2.45, 2.75) is 108 Å². The summed E-state index contributed by atoms with van der Waals surface area (Å²) in [5, 5.41) is 29.0. The van der Waals surface area contributed by atoms with E-state index in [2.05, 4.69) is 31.2 Å². The van der Waals surface area contributed by atoms with E-state index in [9.17, 15) is 20.1 Å². The van der Waals surface area contributed by atoms with E-state index >= 15 is 0 Å². The molecule has 0 bridgehead atoms. The summed E-state index contributed by atoms with van der Waals surface area (Å²) in [6, 6.07) is 0. The quantitative estimate of drug-likeness (QED) is 0.186. The van der Waals surface area contributed by atoms with Crippen molar-refractivity contribution >= 4 is 5.97 Å². The molecule has 6 nitrogen and oxygen atoms in total. The Bertz CT molecular complexity index is 490. The Kier molecular flexibility index (Phi) is 15.6. The fourth-order valence-electron chi connectivity index (χ4n) is 3.39. The summed E-state index contributed by atoms with van der Waals surface area (Å²) in [6.07, 6.45) is 17.5. The fraction of sp³-hybridized carbons (Fsp3) is 0.792. The highest BCUT2D eigenvalue weighted by Crippen LogP contribution is 2.18. The Morgan fingerprint density at radius 2 is 1.63 bits per heavy atom. The molecule has 0 aromatic carbocycles. The normalized spacial score (nSPS) is 22.9. The van der Waals surface area contributed by atoms with Gasteiger partial charge in [0.1, 0.15) is 31.0 Å². The van der Waals surface area contributed by atoms with Crippen molar-refractivity contribution in [2.75, 3.05) is 13.2 Å². The van der Waals surface area contributed by atoms with Crippen LogP contribution in [-0.2, 0) is 14.3 Å². The van der Waals surface area contributed by atoms with Gasteiger partial charge in [0.25, 0.3) is 0 Å². The van der Waals surface area contributed by atoms with Crippen LogP contribution < -0.4 is 0 Å². The molecule has 174 valence electrons. The lowest BCUT2D eigenvalue weighted by atomic mass is 10.1. The summed E-state index contributed by atoms with van der Waals surface area (Å²) in [6.45, 7) is 1.97. The van der Waals surface area contributed by atoms with Gasteiger partial charge in [-0.1, -0.05) is 63.3 Å². The Balaban J connectivity index is 1.90. The van der Waals surface area contributed by atoms with Gasteiger partial charge in [0.05, 0.1) is 6.61 Å². The van der Waals surface area contributed by atoms with Crippen LogP contribution in [0.3, 0.4) is 0 Å². The van der Waals surface area contributed by atoms with E-state index in [0.29, 0.717) is 6.42 Å². The minimum Gasteiger partial charge on any atom is -0.463 e. The van der Waals surface area contributed by atoms with E-state index in [0.717, 1.165) is 38.5 Å². The van der Waals surface area contributed by atoms with E-state index in [1.165, 1.54) is 32.1 Å². The largest absolute Gasteiger partial charge is 0.463 e. The highest BCUT2D eigenvalue weighted by atomic mass is 16.6. The predicted molar refractivity (Wildman–Crippen MR) is 118 cm³/mol. The van der Waals surface area contributed by atoms with Gasteiger partial charge in [-0.15, -0.1) is 0 Å². The second-order valence-corrected chi connectivity index (χ2v) is 8.09. The molecular formula is C24H42O6. The molecule has 30 heavy (non-hydrogen) atoms. The highest BCUT2D eigenvalue weighted by Gasteiger charge is 2.39. The van der Waals surface area contributed by atoms with Crippen molar-refractivity contribution < 1.29 is 29.6 Å². The van der Waals surface area contributed by atoms with Crippen molar-refractivity contribution in [3.63, 3.8) is 0 Å². The second-order valence-electron chi connectivity index (χ2n) is 8.09. The number of hydrogen-bond donors (Lipinski definition) is 3. The Morgan fingerprint density at radius 1 is 1.00 bits per heavy atom. The van der Waals surface area contributed by atoms with Crippen molar-refractivity contribution in [1.82, 2.24) is 0 Å². The molecular weight excluding hydrogens is 384 g/mol. The van der Waals surface area contributed by atoms with Crippen LogP contribution in [-0.4, -0.2) is 58.9 Å². The minimum atomic E-state index is -1.15. The molecule has 1 saturated heterocycles. The number of carbonyl (C=O) groups is 1. The van der Waals surface area contributed by atoms with Gasteiger partial charge in [0.2, 0.25) is 0 Å². The van der Waals surface area contributed by atoms with Crippen molar-refractivity contribution in [2.24, 2.45) is 0 Å². The first-order chi connectivity index (χ1) is 14.6. The number of unbranched alkanes of at least 4 members (excludes halogenated alkanes) is 8. The second kappa shape index (κ2) is 17.5. The Morgan fingerprint density at radius 3 is 2.27 bits per heavy atom. The number of carbonyl (C=O) groups excluding carboxylic acids is 1. The van der Waals surface area contributed by atoms with E-state index in [1.54, 1.807) is 0 Å². The molecule has 0 saturated carbocycles. The third-order valence-corrected chi connectivity index (χ3v) is 5.32. The first kappa shape index (κ1) is 26.8. The molecule has 0 aliphatic carbocycles. The molecule has 1 unspecified atom stereocenters. The number of hydrogen-bond acceptors (Lipinski definition) is 6. The highest BCUT2D eigenvalue weighted by molar-refractivity contribution is 5.69. The molecule has 0 spiro atoms. The zero-order valence-electron chi connectivity index (χ0n) is 18.6. The van der Waals surface area contributed by atoms with Crippen molar-refractivity contribution in [3.8, 4) is 0 Å². The molecule has 0 amide bonds. The van der Waals surface area contributed by atoms with Gasteiger partial charge in [-0.25, -0.2) is 0 Å². The van der Waals surface area contributed by atoms with E-state index in [-0.39, 0.29) is 19.2 Å². The average Bonchev–Trinajstić information content (AvgIpc) is 3.07. The molecule has 1 rings (SSSR count). The van der Waals surface area contributed by atoms with Crippen LogP contribution in [0, 0.1) is 0 Å². The van der Waals surface area contributed by atoms with E-state index < -0.39 is 24.4 Å². The molecule has 1 aliphatic heterocycles. The van der Waals surface area contributed by atoms with Crippen LogP contribution in [0.15, 0.2) is 24.3 Å². The predicted octanol–water partition coefficient (Wildman–Crippen LogP) is 3.82. The first-order valence-corrected chi connectivity index (χ1v) is 11.7. The monoisotopic (exact) mass is 426 g/mol. The number of rotatable bonds is 17. The van der Waals surface area contributed by atoms with Gasteiger partial charge in [-0.05, 0) is 38.5 Å². The number of ether oxygens (including phenoxy) is 2. The average molecular weight is 427 g/mol. The summed E-state index contributed by atoms with van der Waals surface area (Å²) in [4.78, 5) is 11.7. The van der Waals surface area contributed by atoms with E-state index in [1.807, 2.05) is 0 Å². The summed E-state index contributed by atoms with van der Waals surface area (Å²) in [7, 11) is 0. The molecule has 1 fully saturated rings. The molecule has 0 aromatic heterocycles. The maximum atomic E-state index is 11.7. The number of aliphatic hydroxyl groups is 3. The summed E-state index contributed by atoms with van der Waals surface area (Å²) >= 11 is 0. The molecule has 1 aliphatic rings. The van der Waals surface area contributed by atoms with Gasteiger partial charge < -0.3 is 24.8 Å². The first-order valence-electron chi connectivity index (χ1n) is 11.7. The van der Waals surface area contributed by atoms with Crippen LogP contribution in [0.4, 0.5) is 0 Å². The molecule has 6 heteroatoms.